The number of benzene rings is 9. The molecule has 0 bridgehead atoms. The van der Waals surface area contributed by atoms with Crippen molar-refractivity contribution in [3.05, 3.63) is 292 Å². The van der Waals surface area contributed by atoms with Gasteiger partial charge in [0.1, 0.15) is 6.54 Å². The standard InChI is InChI=1S/C30H37NO3P.C24H22ClO3P.C22H21O2P.C6H15N.C2H2Cl2O.CH3.Al.4ClH/c1-7-31(8-2,9-3)21-27(32)28-22(4)20-23(5)29(24(28)6)30(33)35(34,25-16-12-10-13-17-25)26-18-14-11-15-19-26;1-16-14-17(2)23(18(3)22(16)21(26)15-25)24(27)29(28,19-10-6-4-7-11-19)20-12-8-5-9-13-20;1-16-14-17(2)21(18(3)15-16)22(23)25(24,19-10-6-4-7-11-19)20-12-8-5-9-13-20;1-4-7(5-2)6-3;3-1-2(4)5;;;;;;/h10-20H,7-9,21H2,1-6H3;4-14H,15H2,1-3H3;4-15H,1-3H3;4-6H2,1-3H3;1H2;1H3;;4*1H/q+1;;;;;-1;+3;;;;/p-4. The minimum atomic E-state index is -3.67. The molecule has 572 valence electrons. The van der Waals surface area contributed by atoms with Crippen LogP contribution in [0, 0.1) is 69.7 Å². The highest BCUT2D eigenvalue weighted by Crippen LogP contribution is 2.51. The molecule has 0 atom stereocenters. The van der Waals surface area contributed by atoms with Crippen molar-refractivity contribution in [2.75, 3.05) is 57.6 Å². The summed E-state index contributed by atoms with van der Waals surface area (Å²) in [6, 6.07) is 61.4. The second-order valence-electron chi connectivity index (χ2n) is 25.1. The number of hydrogen-bond acceptors (Lipinski definition) is 10. The average molecular weight is 1660 g/mol. The highest BCUT2D eigenvalue weighted by atomic mass is 35.8. The molecule has 9 rings (SSSR count). The van der Waals surface area contributed by atoms with Crippen LogP contribution in [0.1, 0.15) is 143 Å². The van der Waals surface area contributed by atoms with Gasteiger partial charge in [-0.3, -0.25) is 28.8 Å². The summed E-state index contributed by atoms with van der Waals surface area (Å²) in [5.41, 5.74) is 8.22. The van der Waals surface area contributed by atoms with Gasteiger partial charge in [0.2, 0.25) is 49.0 Å². The Morgan fingerprint density at radius 3 is 0.785 bits per heavy atom. The molecule has 0 unspecified atom stereocenters. The lowest BCUT2D eigenvalue weighted by atomic mass is 9.91. The van der Waals surface area contributed by atoms with Gasteiger partial charge in [-0.05, 0) is 159 Å². The van der Waals surface area contributed by atoms with Crippen LogP contribution in [-0.2, 0) is 18.5 Å². The maximum absolute atomic E-state index is 14.7. The molecule has 0 aliphatic carbocycles. The Hall–Kier alpha value is -5.83. The summed E-state index contributed by atoms with van der Waals surface area (Å²) in [5.74, 6) is -0.478. The van der Waals surface area contributed by atoms with Gasteiger partial charge in [0.15, 0.2) is 5.78 Å². The van der Waals surface area contributed by atoms with E-state index in [1.807, 2.05) is 134 Å². The topological polar surface area (TPSA) is 157 Å². The van der Waals surface area contributed by atoms with E-state index in [0.717, 1.165) is 53.0 Å². The molecule has 9 aromatic rings. The first-order valence-corrected chi connectivity index (χ1v) is 46.5. The number of Topliss-reactive ketones (excluding diaryl/α,β-unsaturated/α-hetero) is 2. The number of alkyl halides is 2. The number of rotatable bonds is 24. The number of carbonyl (C=O) groups excluding carboxylic acids is 6. The molecule has 9 aromatic carbocycles. The lowest BCUT2D eigenvalue weighted by Crippen LogP contribution is -3.00. The molecule has 0 aliphatic heterocycles. The normalized spacial score (nSPS) is 10.9. The number of hydrogen-bond donors (Lipinski definition) is 0. The molecule has 0 heterocycles. The van der Waals surface area contributed by atoms with Gasteiger partial charge in [-0.1, -0.05) is 233 Å². The van der Waals surface area contributed by atoms with Gasteiger partial charge < -0.3 is 42.9 Å². The first-order valence-electron chi connectivity index (χ1n) is 34.7. The molecule has 0 N–H and O–H groups in total. The van der Waals surface area contributed by atoms with Crippen LogP contribution in [-0.4, -0.2) is 112 Å². The number of nitrogens with zero attached hydrogens (tertiary/aromatic N) is 2. The van der Waals surface area contributed by atoms with Gasteiger partial charge in [0.25, 0.3) is 0 Å². The third-order valence-electron chi connectivity index (χ3n) is 18.5. The van der Waals surface area contributed by atoms with Gasteiger partial charge in [-0.15, -0.1) is 23.2 Å². The van der Waals surface area contributed by atoms with Crippen molar-refractivity contribution in [2.45, 2.75) is 104 Å². The largest absolute Gasteiger partial charge is 1.00 e. The zero-order valence-corrected chi connectivity index (χ0v) is 73.3. The predicted molar refractivity (Wildman–Crippen MR) is 455 cm³/mol. The Morgan fingerprint density at radius 2 is 0.579 bits per heavy atom. The molecule has 11 nitrogen and oxygen atoms in total. The number of halogens is 7. The van der Waals surface area contributed by atoms with E-state index in [1.54, 1.807) is 134 Å². The lowest BCUT2D eigenvalue weighted by Gasteiger charge is -2.35. The van der Waals surface area contributed by atoms with Gasteiger partial charge in [0.05, 0.1) is 31.4 Å². The zero-order chi connectivity index (χ0) is 78.6. The summed E-state index contributed by atoms with van der Waals surface area (Å²) in [6.45, 7) is 36.3. The van der Waals surface area contributed by atoms with Crippen LogP contribution < -0.4 is 44.2 Å². The van der Waals surface area contributed by atoms with E-state index in [9.17, 15) is 42.5 Å². The molecule has 0 spiro atoms. The summed E-state index contributed by atoms with van der Waals surface area (Å²) < 4.78 is 44.0. The second kappa shape index (κ2) is 46.7. The molecular weight excluding hydrogens is 1560 g/mol. The molecule has 0 aromatic heterocycles. The van der Waals surface area contributed by atoms with Crippen molar-refractivity contribution in [1.29, 1.82) is 0 Å². The molecule has 0 aliphatic rings. The van der Waals surface area contributed by atoms with Crippen LogP contribution >= 0.6 is 86.4 Å². The molecule has 0 fully saturated rings. The Kier molecular flexibility index (Phi) is 42.5. The highest BCUT2D eigenvalue weighted by Gasteiger charge is 2.42. The lowest BCUT2D eigenvalue weighted by molar-refractivity contribution is -0.915. The minimum absolute atomic E-state index is 0. The fourth-order valence-electron chi connectivity index (χ4n) is 13.0. The molecular formula is C85H100AlCl7N2O9P3-. The smallest absolute Gasteiger partial charge is 0.643 e. The summed E-state index contributed by atoms with van der Waals surface area (Å²) in [5, 5.41) is 2.59. The molecule has 22 heteroatoms. The van der Waals surface area contributed by atoms with E-state index in [1.165, 1.54) is 19.6 Å². The van der Waals surface area contributed by atoms with E-state index >= 15 is 0 Å². The Bertz CT molecular complexity index is 4380. The average Bonchev–Trinajstić information content (AvgIpc) is 0.769. The van der Waals surface area contributed by atoms with E-state index in [2.05, 4.69) is 46.4 Å². The predicted octanol–water partition coefficient (Wildman–Crippen LogP) is 17.3. The van der Waals surface area contributed by atoms with Crippen LogP contribution in [0.4, 0.5) is 0 Å². The first-order chi connectivity index (χ1) is 49.8. The minimum Gasteiger partial charge on any atom is -1.00 e. The van der Waals surface area contributed by atoms with Crippen LogP contribution in [0.3, 0.4) is 0 Å². The van der Waals surface area contributed by atoms with Gasteiger partial charge >= 0.3 is 11.4 Å². The van der Waals surface area contributed by atoms with Gasteiger partial charge in [-0.25, -0.2) is 30.1 Å². The monoisotopic (exact) mass is 1660 g/mol. The van der Waals surface area contributed by atoms with Gasteiger partial charge in [0, 0.05) is 59.6 Å². The van der Waals surface area contributed by atoms with Gasteiger partial charge in [-0.2, -0.15) is 0 Å². The Morgan fingerprint density at radius 1 is 0.364 bits per heavy atom. The summed E-state index contributed by atoms with van der Waals surface area (Å²) >= 11 is 13.6. The maximum Gasteiger partial charge on any atom is 0.643 e. The molecule has 0 radical (unpaired) electrons. The van der Waals surface area contributed by atoms with E-state index < -0.39 is 49.1 Å². The fourth-order valence-corrected chi connectivity index (χ4v) is 21.0. The van der Waals surface area contributed by atoms with Crippen molar-refractivity contribution in [3.63, 3.8) is 0 Å². The number of aryl methyl sites for hydroxylation is 7. The van der Waals surface area contributed by atoms with Crippen LogP contribution in [0.25, 0.3) is 0 Å². The number of likely N-dealkylation sites (N-methyl/N-ethyl adjacent to an activating group) is 1. The van der Waals surface area contributed by atoms with Crippen molar-refractivity contribution in [1.82, 2.24) is 4.90 Å². The van der Waals surface area contributed by atoms with Crippen LogP contribution in [0.15, 0.2) is 206 Å². The van der Waals surface area contributed by atoms with E-state index in [-0.39, 0.29) is 48.7 Å². The zero-order valence-electron chi connectivity index (χ0n) is 64.1. The second-order valence-corrected chi connectivity index (χ2v) is 40.4. The molecule has 107 heavy (non-hydrogen) atoms. The molecule has 0 saturated carbocycles. The van der Waals surface area contributed by atoms with E-state index in [4.69, 9.17) is 65.0 Å². The van der Waals surface area contributed by atoms with Crippen molar-refractivity contribution in [3.8, 4) is 0 Å². The summed E-state index contributed by atoms with van der Waals surface area (Å²) in [7, 11) is 4.07. The summed E-state index contributed by atoms with van der Waals surface area (Å²) in [4.78, 5) is 79.6. The van der Waals surface area contributed by atoms with Crippen molar-refractivity contribution < 1.29 is 59.4 Å². The quantitative estimate of drug-likeness (QED) is 0.0108. The van der Waals surface area contributed by atoms with Crippen LogP contribution in [0.2, 0.25) is 0 Å². The van der Waals surface area contributed by atoms with E-state index in [0.29, 0.717) is 87.4 Å². The number of quaternary nitrogens is 1. The Balaban J connectivity index is 0.000000493. The highest BCUT2D eigenvalue weighted by molar-refractivity contribution is 7.94. The first kappa shape index (κ1) is 97.3. The molecule has 0 saturated heterocycles. The summed E-state index contributed by atoms with van der Waals surface area (Å²) in [6.07, 6.45) is 0. The SMILES string of the molecule is CCN(CC)CC.CC[N+](CC)(CC)CC(=O)c1c(C)cc(C)c(C(=O)P(=O)(c2ccccc2)c2ccccc2)c1C.Cc1cc(C)c(C(=O)P(=O)(c2ccccc2)c2ccccc2)c(C)c1.Cc1cc(C)c(C(=O)P(=O)(c2ccccc2)c2ccccc2)c(C)c1C(=O)CCl.O=C(Cl)CCl.[CH3-].[Cl-].[Cl][Al]([Cl])[Cl]. The van der Waals surface area contributed by atoms with Crippen molar-refractivity contribution in [2.24, 2.45) is 0 Å². The Labute approximate surface area is 674 Å². The van der Waals surface area contributed by atoms with Crippen LogP contribution in [0.5, 0.6) is 0 Å². The number of carbonyl (C=O) groups is 6. The van der Waals surface area contributed by atoms with Crippen molar-refractivity contribution >= 4 is 163 Å². The fraction of sp³-hybridized carbons (Fsp3) is 0.282. The maximum atomic E-state index is 14.7. The molecule has 0 amide bonds. The third-order valence-corrected chi connectivity index (χ3v) is 27.8. The number of ketones is 2. The third kappa shape index (κ3) is 25.1.